The van der Waals surface area contributed by atoms with Crippen molar-refractivity contribution in [2.45, 2.75) is 26.0 Å². The molecule has 1 amide bonds. The van der Waals surface area contributed by atoms with Crippen LogP contribution in [0.2, 0.25) is 0 Å². The molecule has 1 aliphatic carbocycles. The summed E-state index contributed by atoms with van der Waals surface area (Å²) in [6, 6.07) is 18.8. The standard InChI is InChI=1S/C23H21NO3S/c1-14(2)20(24-22(25)19-12-7-13-28-19)23(26)27-21-17-10-5-3-8-15(17)16-9-4-6-11-18(16)21/h3-14,20-21H,1-2H3,(H,24,25)/t20-/m1/s1. The summed E-state index contributed by atoms with van der Waals surface area (Å²) in [5, 5.41) is 4.67. The third-order valence-corrected chi connectivity index (χ3v) is 5.83. The number of carbonyl (C=O) groups is 2. The Kier molecular flexibility index (Phi) is 5.01. The first-order chi connectivity index (χ1) is 13.6. The van der Waals surface area contributed by atoms with Crippen LogP contribution < -0.4 is 5.32 Å². The van der Waals surface area contributed by atoms with Crippen molar-refractivity contribution in [1.82, 2.24) is 5.32 Å². The highest BCUT2D eigenvalue weighted by molar-refractivity contribution is 7.12. The van der Waals surface area contributed by atoms with E-state index in [0.29, 0.717) is 4.88 Å². The molecule has 142 valence electrons. The quantitative estimate of drug-likeness (QED) is 0.635. The first-order valence-corrected chi connectivity index (χ1v) is 10.2. The lowest BCUT2D eigenvalue weighted by atomic mass is 10.0. The van der Waals surface area contributed by atoms with Crippen LogP contribution in [-0.4, -0.2) is 17.9 Å². The average Bonchev–Trinajstić information content (AvgIpc) is 3.34. The minimum Gasteiger partial charge on any atom is -0.451 e. The van der Waals surface area contributed by atoms with E-state index in [1.54, 1.807) is 6.07 Å². The number of carbonyl (C=O) groups excluding carboxylic acids is 2. The molecule has 4 rings (SSSR count). The van der Waals surface area contributed by atoms with Crippen molar-refractivity contribution in [3.63, 3.8) is 0 Å². The van der Waals surface area contributed by atoms with Gasteiger partial charge in [0.2, 0.25) is 0 Å². The van der Waals surface area contributed by atoms with E-state index < -0.39 is 18.1 Å². The molecule has 0 radical (unpaired) electrons. The number of ether oxygens (including phenoxy) is 1. The minimum atomic E-state index is -0.713. The molecule has 0 bridgehead atoms. The lowest BCUT2D eigenvalue weighted by Crippen LogP contribution is -2.45. The van der Waals surface area contributed by atoms with Crippen LogP contribution >= 0.6 is 11.3 Å². The topological polar surface area (TPSA) is 55.4 Å². The van der Waals surface area contributed by atoms with Gasteiger partial charge in [-0.25, -0.2) is 4.79 Å². The van der Waals surface area contributed by atoms with Crippen molar-refractivity contribution in [2.24, 2.45) is 5.92 Å². The maximum atomic E-state index is 13.0. The zero-order valence-corrected chi connectivity index (χ0v) is 16.5. The Bertz CT molecular complexity index is 965. The van der Waals surface area contributed by atoms with Crippen LogP contribution in [0, 0.1) is 5.92 Å². The SMILES string of the molecule is CC(C)[C@@H](NC(=O)c1cccs1)C(=O)OC1c2ccccc2-c2ccccc21. The summed E-state index contributed by atoms with van der Waals surface area (Å²) in [7, 11) is 0. The second-order valence-electron chi connectivity index (χ2n) is 7.16. The van der Waals surface area contributed by atoms with Crippen LogP contribution in [0.15, 0.2) is 66.0 Å². The highest BCUT2D eigenvalue weighted by Crippen LogP contribution is 2.45. The predicted molar refractivity (Wildman–Crippen MR) is 110 cm³/mol. The Labute approximate surface area is 168 Å². The maximum absolute atomic E-state index is 13.0. The number of nitrogens with one attached hydrogen (secondary N) is 1. The van der Waals surface area contributed by atoms with Crippen LogP contribution in [-0.2, 0) is 9.53 Å². The molecule has 1 N–H and O–H groups in total. The number of rotatable bonds is 5. The molecule has 0 saturated heterocycles. The molecule has 3 aromatic rings. The van der Waals surface area contributed by atoms with Crippen LogP contribution in [0.1, 0.15) is 40.8 Å². The van der Waals surface area contributed by atoms with E-state index in [1.165, 1.54) is 11.3 Å². The second kappa shape index (κ2) is 7.60. The number of amides is 1. The Morgan fingerprint density at radius 1 is 0.929 bits per heavy atom. The van der Waals surface area contributed by atoms with Gasteiger partial charge in [-0.3, -0.25) is 4.79 Å². The number of esters is 1. The number of hydrogen-bond donors (Lipinski definition) is 1. The lowest BCUT2D eigenvalue weighted by molar-refractivity contribution is -0.150. The van der Waals surface area contributed by atoms with Crippen LogP contribution in [0.5, 0.6) is 0 Å². The van der Waals surface area contributed by atoms with Gasteiger partial charge in [0, 0.05) is 11.1 Å². The van der Waals surface area contributed by atoms with Gasteiger partial charge in [0.25, 0.3) is 5.91 Å². The van der Waals surface area contributed by atoms with Crippen molar-refractivity contribution in [3.8, 4) is 11.1 Å². The van der Waals surface area contributed by atoms with Gasteiger partial charge in [-0.15, -0.1) is 11.3 Å². The average molecular weight is 391 g/mol. The van der Waals surface area contributed by atoms with Crippen molar-refractivity contribution < 1.29 is 14.3 Å². The molecule has 4 nitrogen and oxygen atoms in total. The van der Waals surface area contributed by atoms with Crippen molar-refractivity contribution in [1.29, 1.82) is 0 Å². The van der Waals surface area contributed by atoms with E-state index in [2.05, 4.69) is 5.32 Å². The Hall–Kier alpha value is -2.92. The molecule has 0 fully saturated rings. The molecule has 2 aromatic carbocycles. The lowest BCUT2D eigenvalue weighted by Gasteiger charge is -2.23. The highest BCUT2D eigenvalue weighted by atomic mass is 32.1. The summed E-state index contributed by atoms with van der Waals surface area (Å²) in [6.07, 6.45) is -0.459. The zero-order chi connectivity index (χ0) is 19.7. The third-order valence-electron chi connectivity index (χ3n) is 4.96. The minimum absolute atomic E-state index is 0.0942. The monoisotopic (exact) mass is 391 g/mol. The predicted octanol–water partition coefficient (Wildman–Crippen LogP) is 4.82. The largest absolute Gasteiger partial charge is 0.451 e. The molecule has 5 heteroatoms. The van der Waals surface area contributed by atoms with E-state index in [1.807, 2.05) is 73.8 Å². The summed E-state index contributed by atoms with van der Waals surface area (Å²) in [5.74, 6) is -0.766. The van der Waals surface area contributed by atoms with Gasteiger partial charge in [-0.05, 0) is 28.5 Å². The van der Waals surface area contributed by atoms with Gasteiger partial charge in [0.15, 0.2) is 6.10 Å². The number of thiophene rings is 1. The van der Waals surface area contributed by atoms with Crippen LogP contribution in [0.3, 0.4) is 0 Å². The van der Waals surface area contributed by atoms with E-state index in [0.717, 1.165) is 22.3 Å². The number of hydrogen-bond acceptors (Lipinski definition) is 4. The van der Waals surface area contributed by atoms with Gasteiger partial charge in [-0.2, -0.15) is 0 Å². The third kappa shape index (κ3) is 3.34. The molecular formula is C23H21NO3S. The maximum Gasteiger partial charge on any atom is 0.329 e. The molecular weight excluding hydrogens is 370 g/mol. The smallest absolute Gasteiger partial charge is 0.329 e. The highest BCUT2D eigenvalue weighted by Gasteiger charge is 2.34. The second-order valence-corrected chi connectivity index (χ2v) is 8.11. The fraction of sp³-hybridized carbons (Fsp3) is 0.217. The molecule has 1 aliphatic rings. The normalized spacial score (nSPS) is 13.7. The van der Waals surface area contributed by atoms with E-state index in [-0.39, 0.29) is 11.8 Å². The molecule has 0 saturated carbocycles. The molecule has 1 aromatic heterocycles. The summed E-state index contributed by atoms with van der Waals surface area (Å²) in [6.45, 7) is 3.80. The Morgan fingerprint density at radius 3 is 2.07 bits per heavy atom. The van der Waals surface area contributed by atoms with Gasteiger partial charge < -0.3 is 10.1 Å². The van der Waals surface area contributed by atoms with E-state index in [9.17, 15) is 9.59 Å². The molecule has 0 unspecified atom stereocenters. The number of benzene rings is 2. The molecule has 0 spiro atoms. The first-order valence-electron chi connectivity index (χ1n) is 9.29. The molecule has 0 aliphatic heterocycles. The van der Waals surface area contributed by atoms with Crippen molar-refractivity contribution >= 4 is 23.2 Å². The molecule has 28 heavy (non-hydrogen) atoms. The van der Waals surface area contributed by atoms with Crippen LogP contribution in [0.25, 0.3) is 11.1 Å². The summed E-state index contributed by atoms with van der Waals surface area (Å²) < 4.78 is 5.96. The fourth-order valence-electron chi connectivity index (χ4n) is 3.54. The molecule has 1 heterocycles. The number of fused-ring (bicyclic) bond motifs is 3. The molecule has 1 atom stereocenters. The summed E-state index contributed by atoms with van der Waals surface area (Å²) in [4.78, 5) is 26.1. The van der Waals surface area contributed by atoms with Gasteiger partial charge >= 0.3 is 5.97 Å². The summed E-state index contributed by atoms with van der Waals surface area (Å²) in [5.41, 5.74) is 4.12. The first kappa shape index (κ1) is 18.4. The van der Waals surface area contributed by atoms with Crippen molar-refractivity contribution in [2.75, 3.05) is 0 Å². The van der Waals surface area contributed by atoms with Crippen LogP contribution in [0.4, 0.5) is 0 Å². The van der Waals surface area contributed by atoms with Crippen molar-refractivity contribution in [3.05, 3.63) is 82.0 Å². The fourth-order valence-corrected chi connectivity index (χ4v) is 4.17. The van der Waals surface area contributed by atoms with Gasteiger partial charge in [0.05, 0.1) is 4.88 Å². The van der Waals surface area contributed by atoms with E-state index >= 15 is 0 Å². The van der Waals surface area contributed by atoms with E-state index in [4.69, 9.17) is 4.74 Å². The Morgan fingerprint density at radius 2 is 1.54 bits per heavy atom. The van der Waals surface area contributed by atoms with Gasteiger partial charge in [0.1, 0.15) is 6.04 Å². The Balaban J connectivity index is 1.59. The van der Waals surface area contributed by atoms with Gasteiger partial charge in [-0.1, -0.05) is 68.4 Å². The summed E-state index contributed by atoms with van der Waals surface area (Å²) >= 11 is 1.35. The zero-order valence-electron chi connectivity index (χ0n) is 15.7.